The van der Waals surface area contributed by atoms with E-state index in [2.05, 4.69) is 16.0 Å². The summed E-state index contributed by atoms with van der Waals surface area (Å²) in [4.78, 5) is 22.2. The van der Waals surface area contributed by atoms with Crippen molar-refractivity contribution in [1.82, 2.24) is 16.0 Å². The Balaban J connectivity index is 2.25. The molecule has 15 heavy (non-hydrogen) atoms. The molecule has 0 aromatic carbocycles. The molecular formula is C8H15N3O4. The van der Waals surface area contributed by atoms with Crippen LogP contribution in [0, 0.1) is 0 Å². The average molecular weight is 217 g/mol. The van der Waals surface area contributed by atoms with Gasteiger partial charge in [-0.1, -0.05) is 0 Å². The molecule has 0 radical (unpaired) electrons. The molecule has 1 saturated heterocycles. The van der Waals surface area contributed by atoms with E-state index in [0.717, 1.165) is 0 Å². The normalized spacial score (nSPS) is 23.1. The van der Waals surface area contributed by atoms with Crippen molar-refractivity contribution in [2.45, 2.75) is 12.1 Å². The largest absolute Gasteiger partial charge is 0.394 e. The van der Waals surface area contributed by atoms with Gasteiger partial charge in [0.25, 0.3) is 0 Å². The average Bonchev–Trinajstić information content (AvgIpc) is 2.26. The molecule has 1 rings (SSSR count). The second-order valence-electron chi connectivity index (χ2n) is 3.32. The first-order valence-electron chi connectivity index (χ1n) is 4.70. The summed E-state index contributed by atoms with van der Waals surface area (Å²) in [7, 11) is 0. The lowest BCUT2D eigenvalue weighted by Gasteiger charge is -2.23. The van der Waals surface area contributed by atoms with Crippen LogP contribution in [0.4, 0.5) is 0 Å². The number of aliphatic hydroxyl groups is 2. The van der Waals surface area contributed by atoms with E-state index in [4.69, 9.17) is 10.2 Å². The van der Waals surface area contributed by atoms with Crippen LogP contribution in [0.25, 0.3) is 0 Å². The van der Waals surface area contributed by atoms with Gasteiger partial charge < -0.3 is 20.8 Å². The molecule has 1 heterocycles. The van der Waals surface area contributed by atoms with Gasteiger partial charge in [-0.3, -0.25) is 14.9 Å². The van der Waals surface area contributed by atoms with Crippen LogP contribution in [0.5, 0.6) is 0 Å². The molecular weight excluding hydrogens is 202 g/mol. The van der Waals surface area contributed by atoms with E-state index in [1.54, 1.807) is 0 Å². The van der Waals surface area contributed by atoms with E-state index < -0.39 is 18.8 Å². The van der Waals surface area contributed by atoms with Crippen LogP contribution in [0.1, 0.15) is 0 Å². The van der Waals surface area contributed by atoms with Crippen LogP contribution < -0.4 is 16.0 Å². The molecule has 86 valence electrons. The molecule has 5 N–H and O–H groups in total. The minimum Gasteiger partial charge on any atom is -0.394 e. The Labute approximate surface area is 86.8 Å². The lowest BCUT2D eigenvalue weighted by Crippen LogP contribution is -2.58. The van der Waals surface area contributed by atoms with Crippen molar-refractivity contribution in [1.29, 1.82) is 0 Å². The van der Waals surface area contributed by atoms with Gasteiger partial charge in [0.2, 0.25) is 11.8 Å². The first-order chi connectivity index (χ1) is 7.13. The highest BCUT2D eigenvalue weighted by Gasteiger charge is 2.23. The molecule has 0 aliphatic carbocycles. The Hall–Kier alpha value is -1.18. The number of carbonyl (C=O) groups excluding carboxylic acids is 2. The van der Waals surface area contributed by atoms with Gasteiger partial charge in [-0.05, 0) is 0 Å². The molecule has 0 aromatic rings. The van der Waals surface area contributed by atoms with Crippen LogP contribution in [-0.4, -0.2) is 60.4 Å². The van der Waals surface area contributed by atoms with Gasteiger partial charge >= 0.3 is 0 Å². The molecule has 7 heteroatoms. The highest BCUT2D eigenvalue weighted by Crippen LogP contribution is 1.88. The summed E-state index contributed by atoms with van der Waals surface area (Å²) >= 11 is 0. The van der Waals surface area contributed by atoms with Crippen molar-refractivity contribution < 1.29 is 19.8 Å². The van der Waals surface area contributed by atoms with Crippen molar-refractivity contribution in [3.05, 3.63) is 0 Å². The van der Waals surface area contributed by atoms with E-state index in [0.29, 0.717) is 0 Å². The zero-order chi connectivity index (χ0) is 11.3. The van der Waals surface area contributed by atoms with Gasteiger partial charge in [-0.15, -0.1) is 0 Å². The quantitative estimate of drug-likeness (QED) is 0.336. The molecule has 2 unspecified atom stereocenters. The summed E-state index contributed by atoms with van der Waals surface area (Å²) in [6.07, 6.45) is -0.952. The van der Waals surface area contributed by atoms with Crippen LogP contribution >= 0.6 is 0 Å². The molecule has 7 nitrogen and oxygen atoms in total. The first-order valence-corrected chi connectivity index (χ1v) is 4.70. The number of amides is 2. The number of aliphatic hydroxyl groups excluding tert-OH is 2. The van der Waals surface area contributed by atoms with Crippen molar-refractivity contribution in [3.63, 3.8) is 0 Å². The van der Waals surface area contributed by atoms with E-state index in [1.807, 2.05) is 0 Å². The van der Waals surface area contributed by atoms with Gasteiger partial charge in [0.05, 0.1) is 19.3 Å². The highest BCUT2D eigenvalue weighted by molar-refractivity contribution is 5.86. The number of hydrogen-bond acceptors (Lipinski definition) is 5. The lowest BCUT2D eigenvalue weighted by molar-refractivity contribution is -0.126. The molecule has 0 saturated carbocycles. The van der Waals surface area contributed by atoms with Crippen molar-refractivity contribution in [2.24, 2.45) is 0 Å². The van der Waals surface area contributed by atoms with Crippen molar-refractivity contribution in [3.8, 4) is 0 Å². The third-order valence-corrected chi connectivity index (χ3v) is 2.05. The molecule has 1 fully saturated rings. The number of nitrogens with one attached hydrogen (secondary N) is 3. The SMILES string of the molecule is O=C1CNC(C(=O)NCC(O)CO)CN1. The second-order valence-corrected chi connectivity index (χ2v) is 3.32. The summed E-state index contributed by atoms with van der Waals surface area (Å²) in [6, 6.07) is -0.478. The van der Waals surface area contributed by atoms with Crippen molar-refractivity contribution in [2.75, 3.05) is 26.2 Å². The Kier molecular flexibility index (Phi) is 4.47. The summed E-state index contributed by atoms with van der Waals surface area (Å²) in [5.41, 5.74) is 0. The maximum Gasteiger partial charge on any atom is 0.239 e. The summed E-state index contributed by atoms with van der Waals surface area (Å²) < 4.78 is 0. The fraction of sp³-hybridized carbons (Fsp3) is 0.750. The molecule has 0 aromatic heterocycles. The zero-order valence-corrected chi connectivity index (χ0v) is 8.19. The molecule has 2 amide bonds. The minimum atomic E-state index is -0.952. The lowest BCUT2D eigenvalue weighted by atomic mass is 10.2. The molecule has 2 atom stereocenters. The van der Waals surface area contributed by atoms with Crippen LogP contribution in [0.15, 0.2) is 0 Å². The summed E-state index contributed by atoms with van der Waals surface area (Å²) in [5, 5.41) is 25.2. The van der Waals surface area contributed by atoms with Crippen LogP contribution in [0.2, 0.25) is 0 Å². The Morgan fingerprint density at radius 3 is 2.93 bits per heavy atom. The third kappa shape index (κ3) is 3.82. The first kappa shape index (κ1) is 11.9. The third-order valence-electron chi connectivity index (χ3n) is 2.05. The van der Waals surface area contributed by atoms with Gasteiger partial charge in [-0.25, -0.2) is 0 Å². The molecule has 0 spiro atoms. The summed E-state index contributed by atoms with van der Waals surface area (Å²) in [5.74, 6) is -0.447. The Morgan fingerprint density at radius 1 is 1.67 bits per heavy atom. The molecule has 1 aliphatic heterocycles. The highest BCUT2D eigenvalue weighted by atomic mass is 16.3. The standard InChI is InChI=1S/C8H15N3O4/c12-4-5(13)1-11-8(15)6-2-10-7(14)3-9-6/h5-6,9,12-13H,1-4H2,(H,10,14)(H,11,15). The van der Waals surface area contributed by atoms with Crippen LogP contribution in [0.3, 0.4) is 0 Å². The predicted octanol–water partition coefficient (Wildman–Crippen LogP) is -3.46. The summed E-state index contributed by atoms with van der Waals surface area (Å²) in [6.45, 7) is -0.0445. The topological polar surface area (TPSA) is 111 Å². The number of rotatable bonds is 4. The minimum absolute atomic E-state index is 0.00145. The van der Waals surface area contributed by atoms with Gasteiger partial charge in [-0.2, -0.15) is 0 Å². The zero-order valence-electron chi connectivity index (χ0n) is 8.19. The van der Waals surface area contributed by atoms with Gasteiger partial charge in [0.1, 0.15) is 6.04 Å². The fourth-order valence-corrected chi connectivity index (χ4v) is 1.16. The van der Waals surface area contributed by atoms with E-state index in [9.17, 15) is 9.59 Å². The molecule has 1 aliphatic rings. The van der Waals surface area contributed by atoms with E-state index >= 15 is 0 Å². The smallest absolute Gasteiger partial charge is 0.239 e. The van der Waals surface area contributed by atoms with Crippen LogP contribution in [-0.2, 0) is 9.59 Å². The van der Waals surface area contributed by atoms with E-state index in [-0.39, 0.29) is 31.4 Å². The molecule has 0 bridgehead atoms. The monoisotopic (exact) mass is 217 g/mol. The Morgan fingerprint density at radius 2 is 2.40 bits per heavy atom. The maximum absolute atomic E-state index is 11.4. The number of hydrogen-bond donors (Lipinski definition) is 5. The number of piperazine rings is 1. The van der Waals surface area contributed by atoms with E-state index in [1.165, 1.54) is 0 Å². The number of carbonyl (C=O) groups is 2. The van der Waals surface area contributed by atoms with Gasteiger partial charge in [0, 0.05) is 13.1 Å². The fourth-order valence-electron chi connectivity index (χ4n) is 1.16. The maximum atomic E-state index is 11.4. The van der Waals surface area contributed by atoms with Gasteiger partial charge in [0.15, 0.2) is 0 Å². The van der Waals surface area contributed by atoms with Crippen molar-refractivity contribution >= 4 is 11.8 Å². The Bertz CT molecular complexity index is 236. The second kappa shape index (κ2) is 5.64. The predicted molar refractivity (Wildman–Crippen MR) is 50.9 cm³/mol.